The maximum absolute atomic E-state index is 12.8. The first-order valence-corrected chi connectivity index (χ1v) is 10.1. The van der Waals surface area contributed by atoms with Crippen LogP contribution in [0.4, 0.5) is 0 Å². The number of aromatic amines is 1. The molecule has 31 heavy (non-hydrogen) atoms. The van der Waals surface area contributed by atoms with Crippen LogP contribution in [0.5, 0.6) is 0 Å². The zero-order valence-corrected chi connectivity index (χ0v) is 17.7. The van der Waals surface area contributed by atoms with Crippen molar-refractivity contribution < 1.29 is 4.79 Å². The Hall–Kier alpha value is -3.93. The van der Waals surface area contributed by atoms with Crippen LogP contribution in [0.1, 0.15) is 40.1 Å². The minimum atomic E-state index is -0.420. The van der Waals surface area contributed by atoms with Crippen molar-refractivity contribution >= 4 is 5.91 Å². The second kappa shape index (κ2) is 8.44. The summed E-state index contributed by atoms with van der Waals surface area (Å²) in [5.41, 5.74) is 5.12. The van der Waals surface area contributed by atoms with Crippen LogP contribution in [-0.4, -0.2) is 20.7 Å². The van der Waals surface area contributed by atoms with Crippen LogP contribution in [0.2, 0.25) is 0 Å². The molecule has 0 saturated heterocycles. The fourth-order valence-corrected chi connectivity index (χ4v) is 3.66. The lowest BCUT2D eigenvalue weighted by atomic mass is 10.1. The van der Waals surface area contributed by atoms with E-state index in [9.17, 15) is 9.59 Å². The number of aryl methyl sites for hydroxylation is 1. The number of nitrogens with zero attached hydrogens (tertiary/aromatic N) is 2. The molecule has 0 saturated carbocycles. The first-order chi connectivity index (χ1) is 14.9. The van der Waals surface area contributed by atoms with Gasteiger partial charge in [-0.3, -0.25) is 9.59 Å². The summed E-state index contributed by atoms with van der Waals surface area (Å²) in [6.45, 7) is 5.83. The number of aromatic nitrogens is 3. The number of para-hydroxylation sites is 1. The molecule has 1 atom stereocenters. The molecular weight excluding hydrogens is 388 g/mol. The highest BCUT2D eigenvalue weighted by Gasteiger charge is 2.19. The minimum Gasteiger partial charge on any atom is -0.345 e. The third kappa shape index (κ3) is 4.19. The number of nitrogens with one attached hydrogen (secondary N) is 2. The van der Waals surface area contributed by atoms with Crippen molar-refractivity contribution in [2.75, 3.05) is 0 Å². The maximum atomic E-state index is 12.8. The second-order valence-electron chi connectivity index (χ2n) is 7.61. The van der Waals surface area contributed by atoms with Gasteiger partial charge in [0.05, 0.1) is 17.9 Å². The summed E-state index contributed by atoms with van der Waals surface area (Å²) >= 11 is 0. The van der Waals surface area contributed by atoms with Crippen LogP contribution >= 0.6 is 0 Å². The van der Waals surface area contributed by atoms with E-state index < -0.39 is 11.5 Å². The minimum absolute atomic E-state index is 0.0800. The molecule has 0 bridgehead atoms. The summed E-state index contributed by atoms with van der Waals surface area (Å²) in [7, 11) is 0. The number of carbonyl (C=O) groups is 1. The van der Waals surface area contributed by atoms with E-state index in [4.69, 9.17) is 0 Å². The molecule has 0 aliphatic heterocycles. The number of benzene rings is 2. The van der Waals surface area contributed by atoms with Crippen LogP contribution < -0.4 is 10.9 Å². The molecule has 1 unspecified atom stereocenters. The van der Waals surface area contributed by atoms with Gasteiger partial charge in [-0.1, -0.05) is 42.0 Å². The van der Waals surface area contributed by atoms with Crippen LogP contribution in [0.3, 0.4) is 0 Å². The number of amides is 1. The van der Waals surface area contributed by atoms with Gasteiger partial charge in [0.25, 0.3) is 11.5 Å². The summed E-state index contributed by atoms with van der Waals surface area (Å²) in [6, 6.07) is 20.7. The second-order valence-corrected chi connectivity index (χ2v) is 7.61. The molecule has 2 N–H and O–H groups in total. The van der Waals surface area contributed by atoms with E-state index in [-0.39, 0.29) is 11.6 Å². The molecule has 0 radical (unpaired) electrons. The molecular formula is C25H24N4O2. The normalized spacial score (nSPS) is 11.8. The monoisotopic (exact) mass is 412 g/mol. The fraction of sp³-hybridized carbons (Fsp3) is 0.160. The van der Waals surface area contributed by atoms with E-state index in [1.54, 1.807) is 18.3 Å². The zero-order valence-electron chi connectivity index (χ0n) is 17.7. The van der Waals surface area contributed by atoms with Gasteiger partial charge in [-0.15, -0.1) is 0 Å². The zero-order chi connectivity index (χ0) is 22.0. The molecule has 0 spiro atoms. The number of carbonyl (C=O) groups excluding carboxylic acids is 1. The standard InChI is InChI=1S/C25H24N4O2/c1-16-8-7-9-19(14-16)23-13-12-21(25(31)28-23)24(30)27-17(2)22-15-26-29(18(22)3)20-10-5-4-6-11-20/h4-15,17H,1-3H3,(H,27,30)(H,28,31). The van der Waals surface area contributed by atoms with Crippen LogP contribution in [-0.2, 0) is 0 Å². The summed E-state index contributed by atoms with van der Waals surface area (Å²) in [6.07, 6.45) is 1.75. The first kappa shape index (κ1) is 20.3. The Bertz CT molecular complexity index is 1290. The molecule has 6 heteroatoms. The van der Waals surface area contributed by atoms with E-state index in [0.717, 1.165) is 28.1 Å². The quantitative estimate of drug-likeness (QED) is 0.512. The van der Waals surface area contributed by atoms with Crippen LogP contribution in [0, 0.1) is 13.8 Å². The summed E-state index contributed by atoms with van der Waals surface area (Å²) in [4.78, 5) is 28.2. The molecule has 2 aromatic carbocycles. The van der Waals surface area contributed by atoms with E-state index in [2.05, 4.69) is 15.4 Å². The maximum Gasteiger partial charge on any atom is 0.261 e. The number of H-pyrrole nitrogens is 1. The average molecular weight is 412 g/mol. The predicted molar refractivity (Wildman–Crippen MR) is 121 cm³/mol. The van der Waals surface area contributed by atoms with Gasteiger partial charge in [-0.25, -0.2) is 4.68 Å². The molecule has 6 nitrogen and oxygen atoms in total. The number of pyridine rings is 1. The van der Waals surface area contributed by atoms with Gasteiger partial charge >= 0.3 is 0 Å². The summed E-state index contributed by atoms with van der Waals surface area (Å²) < 4.78 is 1.83. The Kier molecular flexibility index (Phi) is 5.54. The Balaban J connectivity index is 1.53. The van der Waals surface area contributed by atoms with Crippen molar-refractivity contribution in [2.45, 2.75) is 26.8 Å². The largest absolute Gasteiger partial charge is 0.345 e. The van der Waals surface area contributed by atoms with Crippen molar-refractivity contribution in [3.63, 3.8) is 0 Å². The van der Waals surface area contributed by atoms with Crippen molar-refractivity contribution in [3.05, 3.63) is 106 Å². The van der Waals surface area contributed by atoms with Gasteiger partial charge in [0.2, 0.25) is 0 Å². The lowest BCUT2D eigenvalue weighted by molar-refractivity contribution is 0.0938. The average Bonchev–Trinajstić information content (AvgIpc) is 3.15. The Morgan fingerprint density at radius 2 is 1.81 bits per heavy atom. The van der Waals surface area contributed by atoms with Crippen molar-refractivity contribution in [1.29, 1.82) is 0 Å². The van der Waals surface area contributed by atoms with Crippen molar-refractivity contribution in [3.8, 4) is 16.9 Å². The van der Waals surface area contributed by atoms with Crippen LogP contribution in [0.15, 0.2) is 77.7 Å². The third-order valence-electron chi connectivity index (χ3n) is 5.35. The molecule has 0 fully saturated rings. The Labute approximate surface area is 180 Å². The number of hydrogen-bond donors (Lipinski definition) is 2. The molecule has 0 aliphatic rings. The molecule has 156 valence electrons. The van der Waals surface area contributed by atoms with E-state index in [1.807, 2.05) is 80.1 Å². The van der Waals surface area contributed by atoms with Gasteiger partial charge in [0, 0.05) is 17.0 Å². The predicted octanol–water partition coefficient (Wildman–Crippen LogP) is 4.34. The van der Waals surface area contributed by atoms with Crippen molar-refractivity contribution in [2.24, 2.45) is 0 Å². The first-order valence-electron chi connectivity index (χ1n) is 10.1. The summed E-state index contributed by atoms with van der Waals surface area (Å²) in [5, 5.41) is 7.37. The lowest BCUT2D eigenvalue weighted by Gasteiger charge is -2.14. The molecule has 2 heterocycles. The summed E-state index contributed by atoms with van der Waals surface area (Å²) in [5.74, 6) is -0.420. The Morgan fingerprint density at radius 3 is 2.52 bits per heavy atom. The Morgan fingerprint density at radius 1 is 1.03 bits per heavy atom. The van der Waals surface area contributed by atoms with E-state index >= 15 is 0 Å². The molecule has 4 aromatic rings. The highest BCUT2D eigenvalue weighted by Crippen LogP contribution is 2.21. The molecule has 1 amide bonds. The van der Waals surface area contributed by atoms with Gasteiger partial charge in [0.15, 0.2) is 0 Å². The highest BCUT2D eigenvalue weighted by atomic mass is 16.2. The topological polar surface area (TPSA) is 79.8 Å². The van der Waals surface area contributed by atoms with Gasteiger partial charge in [0.1, 0.15) is 5.56 Å². The lowest BCUT2D eigenvalue weighted by Crippen LogP contribution is -2.31. The van der Waals surface area contributed by atoms with Gasteiger partial charge < -0.3 is 10.3 Å². The molecule has 2 aromatic heterocycles. The van der Waals surface area contributed by atoms with Gasteiger partial charge in [-0.2, -0.15) is 5.10 Å². The molecule has 0 aliphatic carbocycles. The van der Waals surface area contributed by atoms with E-state index in [1.165, 1.54) is 0 Å². The van der Waals surface area contributed by atoms with Crippen LogP contribution in [0.25, 0.3) is 16.9 Å². The SMILES string of the molecule is Cc1cccc(-c2ccc(C(=O)NC(C)c3cnn(-c4ccccc4)c3C)c(=O)[nH]2)c1. The van der Waals surface area contributed by atoms with Crippen molar-refractivity contribution in [1.82, 2.24) is 20.1 Å². The number of hydrogen-bond acceptors (Lipinski definition) is 3. The highest BCUT2D eigenvalue weighted by molar-refractivity contribution is 5.94. The molecule has 4 rings (SSSR count). The fourth-order valence-electron chi connectivity index (χ4n) is 3.66. The van der Waals surface area contributed by atoms with E-state index in [0.29, 0.717) is 5.69 Å². The third-order valence-corrected chi connectivity index (χ3v) is 5.35. The van der Waals surface area contributed by atoms with Gasteiger partial charge in [-0.05, 0) is 56.7 Å². The number of rotatable bonds is 5. The smallest absolute Gasteiger partial charge is 0.261 e.